The fourth-order valence-corrected chi connectivity index (χ4v) is 3.62. The number of imidazole rings is 1. The lowest BCUT2D eigenvalue weighted by Gasteiger charge is -2.14. The topological polar surface area (TPSA) is 120 Å². The normalized spacial score (nSPS) is 12.4. The van der Waals surface area contributed by atoms with E-state index in [0.717, 1.165) is 27.7 Å². The zero-order chi connectivity index (χ0) is 22.1. The summed E-state index contributed by atoms with van der Waals surface area (Å²) in [6.07, 6.45) is 1.74. The van der Waals surface area contributed by atoms with Gasteiger partial charge in [0.25, 0.3) is 0 Å². The van der Waals surface area contributed by atoms with Crippen LogP contribution in [0.1, 0.15) is 5.56 Å². The number of aromatic nitrogens is 4. The number of carbonyl (C=O) groups excluding carboxylic acids is 1. The number of rotatable bonds is 7. The average Bonchev–Trinajstić information content (AvgIpc) is 3.37. The molecule has 0 radical (unpaired) electrons. The van der Waals surface area contributed by atoms with Crippen molar-refractivity contribution in [1.29, 1.82) is 0 Å². The van der Waals surface area contributed by atoms with Crippen molar-refractivity contribution in [2.75, 3.05) is 26.0 Å². The summed E-state index contributed by atoms with van der Waals surface area (Å²) in [7, 11) is 5.29. The molecule has 0 aliphatic rings. The van der Waals surface area contributed by atoms with Crippen LogP contribution in [0, 0.1) is 5.82 Å². The number of hydrogen-bond acceptors (Lipinski definition) is 6. The van der Waals surface area contributed by atoms with Crippen molar-refractivity contribution in [2.45, 2.75) is 12.6 Å². The third-order valence-electron chi connectivity index (χ3n) is 5.33. The molecule has 10 heteroatoms. The molecular weight excluding hydrogens is 401 g/mol. The van der Waals surface area contributed by atoms with E-state index in [-0.39, 0.29) is 13.2 Å². The number of halogens is 1. The van der Waals surface area contributed by atoms with Gasteiger partial charge in [-0.25, -0.2) is 14.4 Å². The van der Waals surface area contributed by atoms with E-state index in [1.807, 2.05) is 17.7 Å². The molecule has 0 spiro atoms. The summed E-state index contributed by atoms with van der Waals surface area (Å²) >= 11 is 0. The fraction of sp³-hybridized carbons (Fsp3) is 0.286. The van der Waals surface area contributed by atoms with Crippen molar-refractivity contribution in [3.63, 3.8) is 0 Å². The molecule has 4 rings (SSSR count). The molecule has 0 aliphatic heterocycles. The number of pyridine rings is 1. The van der Waals surface area contributed by atoms with E-state index in [2.05, 4.69) is 30.9 Å². The highest BCUT2D eigenvalue weighted by Gasteiger charge is 2.17. The first kappa shape index (κ1) is 20.8. The van der Waals surface area contributed by atoms with E-state index in [4.69, 9.17) is 0 Å². The fourth-order valence-electron chi connectivity index (χ4n) is 3.62. The molecule has 0 unspecified atom stereocenters. The summed E-state index contributed by atoms with van der Waals surface area (Å²) in [4.78, 5) is 24.4. The number of aliphatic hydroxyl groups excluding tert-OH is 1. The molecule has 0 saturated carbocycles. The Morgan fingerprint density at radius 2 is 2.13 bits per heavy atom. The van der Waals surface area contributed by atoms with Crippen LogP contribution in [0.25, 0.3) is 33.3 Å². The molecule has 0 aliphatic carbocycles. The van der Waals surface area contributed by atoms with Gasteiger partial charge in [0.1, 0.15) is 23.0 Å². The summed E-state index contributed by atoms with van der Waals surface area (Å²) < 4.78 is 16.3. The number of nitrogens with zero attached hydrogens (tertiary/aromatic N) is 3. The number of aliphatic hydroxyl groups is 1. The monoisotopic (exact) mass is 425 g/mol. The number of aromatic amines is 1. The van der Waals surface area contributed by atoms with Gasteiger partial charge in [0.15, 0.2) is 5.82 Å². The van der Waals surface area contributed by atoms with Gasteiger partial charge < -0.3 is 30.6 Å². The van der Waals surface area contributed by atoms with Gasteiger partial charge in [-0.05, 0) is 36.9 Å². The van der Waals surface area contributed by atoms with Gasteiger partial charge >= 0.3 is 0 Å². The number of H-pyrrole nitrogens is 1. The minimum absolute atomic E-state index is 0.00500. The van der Waals surface area contributed by atoms with Gasteiger partial charge in [0.05, 0.1) is 18.5 Å². The van der Waals surface area contributed by atoms with Crippen LogP contribution in [0.4, 0.5) is 10.2 Å². The van der Waals surface area contributed by atoms with E-state index < -0.39 is 17.8 Å². The summed E-state index contributed by atoms with van der Waals surface area (Å²) in [5.41, 5.74) is 4.27. The van der Waals surface area contributed by atoms with Crippen molar-refractivity contribution in [3.8, 4) is 11.3 Å². The van der Waals surface area contributed by atoms with Crippen LogP contribution < -0.4 is 16.0 Å². The van der Waals surface area contributed by atoms with Crippen molar-refractivity contribution < 1.29 is 14.3 Å². The van der Waals surface area contributed by atoms with Crippen LogP contribution in [0.5, 0.6) is 0 Å². The SMILES string of the molecule is CNc1nc2[nH]c(-c3ccc(F)c(CNC(=O)[C@H](CO)NC)c3)cc2c2c1ncn2C. The second kappa shape index (κ2) is 8.32. The van der Waals surface area contributed by atoms with Crippen LogP contribution in [-0.4, -0.2) is 57.3 Å². The predicted octanol–water partition coefficient (Wildman–Crippen LogP) is 1.49. The Kier molecular flexibility index (Phi) is 5.57. The highest BCUT2D eigenvalue weighted by molar-refractivity contribution is 6.07. The Morgan fingerprint density at radius 3 is 2.84 bits per heavy atom. The van der Waals surface area contributed by atoms with Gasteiger partial charge in [-0.3, -0.25) is 4.79 Å². The van der Waals surface area contributed by atoms with Gasteiger partial charge in [-0.2, -0.15) is 0 Å². The minimum Gasteiger partial charge on any atom is -0.394 e. The average molecular weight is 425 g/mol. The quantitative estimate of drug-likeness (QED) is 0.306. The standard InChI is InChI=1S/C21H24FN7O2/c1-23-16(9-30)21(31)25-8-12-6-11(4-5-14(12)22)15-7-13-18-17(26-10-29(18)3)20(24-2)28-19(13)27-15/h4-7,10,16,23,30H,8-9H2,1-3H3,(H,25,31)(H2,24,27,28)/t16-/m0/s1. The number of aryl methyl sites for hydroxylation is 1. The van der Waals surface area contributed by atoms with Gasteiger partial charge in [-0.15, -0.1) is 0 Å². The number of benzene rings is 1. The summed E-state index contributed by atoms with van der Waals surface area (Å²) in [5, 5.41) is 18.5. The molecule has 1 atom stereocenters. The van der Waals surface area contributed by atoms with Crippen molar-refractivity contribution in [1.82, 2.24) is 30.2 Å². The second-order valence-corrected chi connectivity index (χ2v) is 7.26. The molecule has 0 saturated heterocycles. The first-order chi connectivity index (χ1) is 15.0. The highest BCUT2D eigenvalue weighted by Crippen LogP contribution is 2.32. The van der Waals surface area contributed by atoms with E-state index in [9.17, 15) is 14.3 Å². The lowest BCUT2D eigenvalue weighted by Crippen LogP contribution is -2.44. The summed E-state index contributed by atoms with van der Waals surface area (Å²) in [6, 6.07) is 5.95. The Hall–Kier alpha value is -3.50. The zero-order valence-electron chi connectivity index (χ0n) is 17.5. The molecule has 9 nitrogen and oxygen atoms in total. The molecule has 1 amide bonds. The number of likely N-dealkylation sites (N-methyl/N-ethyl adjacent to an activating group) is 1. The number of hydrogen-bond donors (Lipinski definition) is 5. The Bertz CT molecular complexity index is 1260. The lowest BCUT2D eigenvalue weighted by atomic mass is 10.1. The van der Waals surface area contributed by atoms with Crippen LogP contribution in [0.15, 0.2) is 30.6 Å². The van der Waals surface area contributed by atoms with Crippen LogP contribution in [0.3, 0.4) is 0 Å². The molecule has 1 aromatic carbocycles. The first-order valence-electron chi connectivity index (χ1n) is 9.83. The Balaban J connectivity index is 1.70. The molecule has 0 fully saturated rings. The maximum atomic E-state index is 14.4. The van der Waals surface area contributed by atoms with Gasteiger partial charge in [0.2, 0.25) is 5.91 Å². The van der Waals surface area contributed by atoms with Crippen molar-refractivity contribution in [3.05, 3.63) is 42.0 Å². The number of anilines is 1. The molecule has 5 N–H and O–H groups in total. The van der Waals surface area contributed by atoms with E-state index in [1.165, 1.54) is 6.07 Å². The molecule has 3 aromatic heterocycles. The van der Waals surface area contributed by atoms with Gasteiger partial charge in [-0.1, -0.05) is 0 Å². The molecule has 4 aromatic rings. The van der Waals surface area contributed by atoms with E-state index in [0.29, 0.717) is 17.0 Å². The molecule has 31 heavy (non-hydrogen) atoms. The first-order valence-corrected chi connectivity index (χ1v) is 9.83. The summed E-state index contributed by atoms with van der Waals surface area (Å²) in [6.45, 7) is -0.338. The molecule has 0 bridgehead atoms. The lowest BCUT2D eigenvalue weighted by molar-refractivity contribution is -0.124. The van der Waals surface area contributed by atoms with Crippen LogP contribution in [-0.2, 0) is 18.4 Å². The maximum absolute atomic E-state index is 14.4. The Labute approximate surface area is 177 Å². The van der Waals surface area contributed by atoms with Crippen LogP contribution >= 0.6 is 0 Å². The third-order valence-corrected chi connectivity index (χ3v) is 5.33. The minimum atomic E-state index is -0.742. The number of carbonyl (C=O) groups is 1. The smallest absolute Gasteiger partial charge is 0.239 e. The predicted molar refractivity (Wildman–Crippen MR) is 117 cm³/mol. The third kappa shape index (κ3) is 3.71. The highest BCUT2D eigenvalue weighted by atomic mass is 19.1. The van der Waals surface area contributed by atoms with Crippen molar-refractivity contribution in [2.24, 2.45) is 7.05 Å². The van der Waals surface area contributed by atoms with Crippen LogP contribution in [0.2, 0.25) is 0 Å². The van der Waals surface area contributed by atoms with E-state index >= 15 is 0 Å². The zero-order valence-corrected chi connectivity index (χ0v) is 17.5. The summed E-state index contributed by atoms with van der Waals surface area (Å²) in [5.74, 6) is -0.153. The molecule has 3 heterocycles. The van der Waals surface area contributed by atoms with Crippen molar-refractivity contribution >= 4 is 33.8 Å². The molecule has 162 valence electrons. The Morgan fingerprint density at radius 1 is 1.32 bits per heavy atom. The molecular formula is C21H24FN7O2. The number of amides is 1. The largest absolute Gasteiger partial charge is 0.394 e. The van der Waals surface area contributed by atoms with E-state index in [1.54, 1.807) is 32.6 Å². The maximum Gasteiger partial charge on any atom is 0.239 e. The number of fused-ring (bicyclic) bond motifs is 3. The second-order valence-electron chi connectivity index (χ2n) is 7.26. The number of nitrogens with one attached hydrogen (secondary N) is 4. The van der Waals surface area contributed by atoms with Gasteiger partial charge in [0, 0.05) is 37.3 Å².